The van der Waals surface area contributed by atoms with Crippen molar-refractivity contribution in [3.05, 3.63) is 48.0 Å². The number of anilines is 2. The molecule has 2 aromatic heterocycles. The molecule has 14 heteroatoms. The normalized spacial score (nSPS) is 27.0. The summed E-state index contributed by atoms with van der Waals surface area (Å²) in [4.78, 5) is 32.5. The fourth-order valence-electron chi connectivity index (χ4n) is 6.25. The summed E-state index contributed by atoms with van der Waals surface area (Å²) >= 11 is 0. The van der Waals surface area contributed by atoms with Crippen LogP contribution in [0.4, 0.5) is 21.0 Å². The molecule has 8 atom stereocenters. The van der Waals surface area contributed by atoms with Crippen LogP contribution >= 0.6 is 0 Å². The Hall–Kier alpha value is -3.72. The molecule has 292 valence electrons. The standard InChI is InChI=1S/2C19H31N3O4/c2*1-18(2,3)16-15(23)13(22-17(24)26-19(4,5)6)9-14(25-16)11-7-8-21-10-12(11)20/h2*7-8,10,13-16,23H,9,20H2,1-6H3,(H,22,24)/t2*13-,14+,15-,16-/m10/s1. The molecule has 0 aliphatic carbocycles. The molecule has 0 aromatic carbocycles. The molecule has 0 radical (unpaired) electrons. The van der Waals surface area contributed by atoms with E-state index in [1.165, 1.54) is 0 Å². The van der Waals surface area contributed by atoms with Gasteiger partial charge in [-0.15, -0.1) is 0 Å². The van der Waals surface area contributed by atoms with Gasteiger partial charge < -0.3 is 51.3 Å². The molecule has 2 aliphatic heterocycles. The van der Waals surface area contributed by atoms with Gasteiger partial charge in [0, 0.05) is 36.4 Å². The third-order valence-corrected chi connectivity index (χ3v) is 8.58. The van der Waals surface area contributed by atoms with Gasteiger partial charge in [-0.3, -0.25) is 9.97 Å². The Kier molecular flexibility index (Phi) is 13.6. The first-order valence-corrected chi connectivity index (χ1v) is 17.8. The first kappa shape index (κ1) is 42.7. The highest BCUT2D eigenvalue weighted by molar-refractivity contribution is 5.68. The van der Waals surface area contributed by atoms with Crippen LogP contribution in [0.5, 0.6) is 0 Å². The lowest BCUT2D eigenvalue weighted by Gasteiger charge is -2.45. The molecule has 0 unspecified atom stereocenters. The van der Waals surface area contributed by atoms with Crippen molar-refractivity contribution in [2.75, 3.05) is 11.5 Å². The number of hydrogen-bond acceptors (Lipinski definition) is 12. The van der Waals surface area contributed by atoms with Gasteiger partial charge in [0.2, 0.25) is 0 Å². The van der Waals surface area contributed by atoms with Gasteiger partial charge in [-0.2, -0.15) is 0 Å². The maximum absolute atomic E-state index is 12.2. The lowest BCUT2D eigenvalue weighted by atomic mass is 9.79. The van der Waals surface area contributed by atoms with E-state index in [-0.39, 0.29) is 23.0 Å². The molecule has 0 bridgehead atoms. The lowest BCUT2D eigenvalue weighted by molar-refractivity contribution is -0.171. The molecule has 0 saturated carbocycles. The Labute approximate surface area is 308 Å². The highest BCUT2D eigenvalue weighted by Crippen LogP contribution is 2.41. The minimum absolute atomic E-state index is 0.326. The van der Waals surface area contributed by atoms with E-state index >= 15 is 0 Å². The van der Waals surface area contributed by atoms with Crippen LogP contribution in [-0.2, 0) is 18.9 Å². The minimum Gasteiger partial charge on any atom is -0.444 e. The van der Waals surface area contributed by atoms with Crippen LogP contribution in [0.2, 0.25) is 0 Å². The maximum Gasteiger partial charge on any atom is 0.407 e. The number of aromatic nitrogens is 2. The molecular formula is C38H62N6O8. The van der Waals surface area contributed by atoms with Gasteiger partial charge in [-0.05, 0) is 64.5 Å². The van der Waals surface area contributed by atoms with Crippen molar-refractivity contribution in [1.82, 2.24) is 20.6 Å². The number of pyridine rings is 2. The van der Waals surface area contributed by atoms with E-state index in [0.717, 1.165) is 11.1 Å². The molecule has 4 heterocycles. The lowest BCUT2D eigenvalue weighted by Crippen LogP contribution is -2.57. The van der Waals surface area contributed by atoms with Crippen molar-refractivity contribution in [3.63, 3.8) is 0 Å². The zero-order valence-corrected chi connectivity index (χ0v) is 32.9. The van der Waals surface area contributed by atoms with Crippen molar-refractivity contribution in [3.8, 4) is 0 Å². The second kappa shape index (κ2) is 16.5. The molecule has 2 saturated heterocycles. The predicted molar refractivity (Wildman–Crippen MR) is 199 cm³/mol. The molecule has 2 amide bonds. The Morgan fingerprint density at radius 3 is 1.27 bits per heavy atom. The Bertz CT molecular complexity index is 1380. The summed E-state index contributed by atoms with van der Waals surface area (Å²) in [5.74, 6) is 0. The largest absolute Gasteiger partial charge is 0.444 e. The number of aliphatic hydroxyl groups is 2. The third-order valence-electron chi connectivity index (χ3n) is 8.58. The third kappa shape index (κ3) is 12.2. The van der Waals surface area contributed by atoms with E-state index in [9.17, 15) is 19.8 Å². The first-order valence-electron chi connectivity index (χ1n) is 17.8. The van der Waals surface area contributed by atoms with E-state index in [1.807, 2.05) is 53.7 Å². The molecule has 2 aromatic rings. The number of carbonyl (C=O) groups excluding carboxylic acids is 2. The van der Waals surface area contributed by atoms with Crippen molar-refractivity contribution in [2.45, 2.75) is 156 Å². The van der Waals surface area contributed by atoms with Crippen LogP contribution in [0.1, 0.15) is 119 Å². The van der Waals surface area contributed by atoms with Crippen LogP contribution in [0.15, 0.2) is 36.9 Å². The molecule has 2 fully saturated rings. The number of carbonyl (C=O) groups is 2. The van der Waals surface area contributed by atoms with Crippen LogP contribution in [-0.4, -0.2) is 80.1 Å². The van der Waals surface area contributed by atoms with Gasteiger partial charge >= 0.3 is 12.2 Å². The fourth-order valence-corrected chi connectivity index (χ4v) is 6.25. The number of nitrogen functional groups attached to an aromatic ring is 2. The summed E-state index contributed by atoms with van der Waals surface area (Å²) in [7, 11) is 0. The number of nitrogens with two attached hydrogens (primary N) is 2. The highest BCUT2D eigenvalue weighted by atomic mass is 16.6. The second-order valence-corrected chi connectivity index (χ2v) is 17.8. The number of nitrogens with zero attached hydrogens (tertiary/aromatic N) is 2. The predicted octanol–water partition coefficient (Wildman–Crippen LogP) is 5.59. The van der Waals surface area contributed by atoms with Gasteiger partial charge in [0.15, 0.2) is 0 Å². The van der Waals surface area contributed by atoms with E-state index in [4.69, 9.17) is 30.4 Å². The smallest absolute Gasteiger partial charge is 0.407 e. The first-order chi connectivity index (χ1) is 23.8. The molecule has 4 rings (SSSR count). The summed E-state index contributed by atoms with van der Waals surface area (Å²) in [6.45, 7) is 22.7. The minimum atomic E-state index is -0.859. The van der Waals surface area contributed by atoms with Crippen LogP contribution < -0.4 is 22.1 Å². The number of ether oxygens (including phenoxy) is 4. The summed E-state index contributed by atoms with van der Waals surface area (Å²) in [6, 6.07) is 2.59. The summed E-state index contributed by atoms with van der Waals surface area (Å²) in [6.07, 6.45) is 2.74. The SMILES string of the molecule is CC(C)(C)OC(=O)N[C@@H]1C[C@@H](c2ccncc2N)O[C@@H](C(C)(C)C)[C@@H]1O.CC(C)(C)OC(=O)N[C@H]1C[C@H](c2ccncc2N)O[C@H](C(C)(C)C)[C@H]1O. The zero-order valence-electron chi connectivity index (χ0n) is 32.9. The molecular weight excluding hydrogens is 668 g/mol. The summed E-state index contributed by atoms with van der Waals surface area (Å²) < 4.78 is 23.1. The van der Waals surface area contributed by atoms with Gasteiger partial charge in [0.1, 0.15) is 23.4 Å². The van der Waals surface area contributed by atoms with Gasteiger partial charge in [0.25, 0.3) is 0 Å². The van der Waals surface area contributed by atoms with E-state index in [0.29, 0.717) is 24.2 Å². The van der Waals surface area contributed by atoms with Gasteiger partial charge in [0.05, 0.1) is 60.3 Å². The molecule has 52 heavy (non-hydrogen) atoms. The fraction of sp³-hybridized carbons (Fsp3) is 0.684. The number of amides is 2. The summed E-state index contributed by atoms with van der Waals surface area (Å²) in [5.41, 5.74) is 12.9. The molecule has 2 aliphatic rings. The van der Waals surface area contributed by atoms with Crippen molar-refractivity contribution >= 4 is 23.6 Å². The van der Waals surface area contributed by atoms with Crippen LogP contribution in [0.25, 0.3) is 0 Å². The monoisotopic (exact) mass is 730 g/mol. The van der Waals surface area contributed by atoms with E-state index < -0.39 is 59.9 Å². The van der Waals surface area contributed by atoms with Crippen LogP contribution in [0.3, 0.4) is 0 Å². The van der Waals surface area contributed by atoms with Crippen molar-refractivity contribution < 1.29 is 38.7 Å². The van der Waals surface area contributed by atoms with E-state index in [2.05, 4.69) is 20.6 Å². The van der Waals surface area contributed by atoms with Crippen molar-refractivity contribution in [2.24, 2.45) is 10.8 Å². The van der Waals surface area contributed by atoms with Crippen LogP contribution in [0, 0.1) is 10.8 Å². The second-order valence-electron chi connectivity index (χ2n) is 17.8. The number of rotatable bonds is 4. The molecule has 14 nitrogen and oxygen atoms in total. The molecule has 8 N–H and O–H groups in total. The van der Waals surface area contributed by atoms with E-state index in [1.54, 1.807) is 66.3 Å². The average Bonchev–Trinajstić information content (AvgIpc) is 2.97. The molecule has 0 spiro atoms. The number of alkyl carbamates (subject to hydrolysis) is 2. The number of aliphatic hydroxyl groups excluding tert-OH is 2. The summed E-state index contributed by atoms with van der Waals surface area (Å²) in [5, 5.41) is 27.2. The number of nitrogens with one attached hydrogen (secondary N) is 2. The van der Waals surface area contributed by atoms with Crippen molar-refractivity contribution in [1.29, 1.82) is 0 Å². The van der Waals surface area contributed by atoms with Gasteiger partial charge in [-0.1, -0.05) is 41.5 Å². The maximum atomic E-state index is 12.2. The van der Waals surface area contributed by atoms with Gasteiger partial charge in [-0.25, -0.2) is 9.59 Å². The highest BCUT2D eigenvalue weighted by Gasteiger charge is 2.46. The Morgan fingerprint density at radius 2 is 1.00 bits per heavy atom. The zero-order chi connectivity index (χ0) is 39.4. The quantitative estimate of drug-likeness (QED) is 0.227. The number of hydrogen-bond donors (Lipinski definition) is 6. The Balaban J connectivity index is 0.000000280. The topological polar surface area (TPSA) is 213 Å². The average molecular weight is 731 g/mol. The Morgan fingerprint density at radius 1 is 0.673 bits per heavy atom.